The van der Waals surface area contributed by atoms with E-state index in [9.17, 15) is 0 Å². The van der Waals surface area contributed by atoms with Crippen LogP contribution >= 0.6 is 0 Å². The second kappa shape index (κ2) is 5.82. The average molecular weight is 305 g/mol. The van der Waals surface area contributed by atoms with Crippen molar-refractivity contribution in [1.82, 2.24) is 15.1 Å². The lowest BCUT2D eigenvalue weighted by molar-refractivity contribution is 0.546. The van der Waals surface area contributed by atoms with Crippen molar-refractivity contribution < 1.29 is 0 Å². The molecule has 0 amide bonds. The van der Waals surface area contributed by atoms with Crippen molar-refractivity contribution in [3.05, 3.63) is 59.9 Å². The number of hydrogen-bond donors (Lipinski definition) is 1. The Labute approximate surface area is 137 Å². The summed E-state index contributed by atoms with van der Waals surface area (Å²) in [6, 6.07) is 15.2. The molecule has 0 saturated heterocycles. The second-order valence-corrected chi connectivity index (χ2v) is 6.67. The third kappa shape index (κ3) is 2.77. The van der Waals surface area contributed by atoms with Gasteiger partial charge in [0.05, 0.1) is 11.9 Å². The second-order valence-electron chi connectivity index (χ2n) is 6.67. The minimum absolute atomic E-state index is 0.347. The van der Waals surface area contributed by atoms with Gasteiger partial charge in [0.1, 0.15) is 0 Å². The number of hydrogen-bond acceptors (Lipinski definition) is 2. The van der Waals surface area contributed by atoms with Gasteiger partial charge in [0.25, 0.3) is 0 Å². The molecule has 0 bridgehead atoms. The molecule has 1 saturated carbocycles. The zero-order valence-corrected chi connectivity index (χ0v) is 13.8. The predicted molar refractivity (Wildman–Crippen MR) is 94.9 cm³/mol. The maximum Gasteiger partial charge on any atom is 0.0727 e. The van der Waals surface area contributed by atoms with E-state index in [0.29, 0.717) is 6.04 Å². The molecular weight excluding hydrogens is 282 g/mol. The van der Waals surface area contributed by atoms with E-state index >= 15 is 0 Å². The van der Waals surface area contributed by atoms with Crippen LogP contribution < -0.4 is 5.32 Å². The smallest absolute Gasteiger partial charge is 0.0727 e. The SMILES string of the molecule is Cc1c(C(C)NCC2CC2)cnn1-c1cccc2ccccc12. The molecule has 1 N–H and O–H groups in total. The summed E-state index contributed by atoms with van der Waals surface area (Å²) in [6.45, 7) is 5.53. The van der Waals surface area contributed by atoms with E-state index < -0.39 is 0 Å². The molecule has 1 aliphatic rings. The van der Waals surface area contributed by atoms with Gasteiger partial charge in [-0.2, -0.15) is 5.10 Å². The van der Waals surface area contributed by atoms with Crippen molar-refractivity contribution in [2.24, 2.45) is 5.92 Å². The standard InChI is InChI=1S/C20H23N3/c1-14(21-12-16-10-11-16)19-13-22-23(15(19)2)20-9-5-7-17-6-3-4-8-18(17)20/h3-9,13-14,16,21H,10-12H2,1-2H3. The maximum atomic E-state index is 4.68. The van der Waals surface area contributed by atoms with E-state index in [2.05, 4.69) is 71.4 Å². The molecule has 118 valence electrons. The van der Waals surface area contributed by atoms with Crippen LogP contribution in [-0.2, 0) is 0 Å². The fraction of sp³-hybridized carbons (Fsp3) is 0.350. The van der Waals surface area contributed by atoms with E-state index in [1.165, 1.54) is 34.9 Å². The van der Waals surface area contributed by atoms with Crippen molar-refractivity contribution in [1.29, 1.82) is 0 Å². The Kier molecular flexibility index (Phi) is 3.66. The number of nitrogens with zero attached hydrogens (tertiary/aromatic N) is 2. The largest absolute Gasteiger partial charge is 0.310 e. The highest BCUT2D eigenvalue weighted by Crippen LogP contribution is 2.29. The monoisotopic (exact) mass is 305 g/mol. The van der Waals surface area contributed by atoms with Gasteiger partial charge in [-0.05, 0) is 50.6 Å². The lowest BCUT2D eigenvalue weighted by Crippen LogP contribution is -2.21. The summed E-state index contributed by atoms with van der Waals surface area (Å²) >= 11 is 0. The summed E-state index contributed by atoms with van der Waals surface area (Å²) in [6.07, 6.45) is 4.78. The van der Waals surface area contributed by atoms with Crippen LogP contribution in [0.2, 0.25) is 0 Å². The Hall–Kier alpha value is -2.13. The molecule has 0 spiro atoms. The molecule has 1 heterocycles. The average Bonchev–Trinajstić information content (AvgIpc) is 3.33. The molecule has 3 aromatic rings. The first-order valence-electron chi connectivity index (χ1n) is 8.50. The van der Waals surface area contributed by atoms with Gasteiger partial charge in [-0.25, -0.2) is 4.68 Å². The zero-order valence-electron chi connectivity index (χ0n) is 13.8. The van der Waals surface area contributed by atoms with Gasteiger partial charge in [0.2, 0.25) is 0 Å². The first kappa shape index (κ1) is 14.5. The van der Waals surface area contributed by atoms with Crippen molar-refractivity contribution in [2.45, 2.75) is 32.7 Å². The summed E-state index contributed by atoms with van der Waals surface area (Å²) in [5.41, 5.74) is 3.66. The lowest BCUT2D eigenvalue weighted by Gasteiger charge is -2.14. The van der Waals surface area contributed by atoms with Gasteiger partial charge in [0.15, 0.2) is 0 Å². The normalized spacial score (nSPS) is 15.9. The summed E-state index contributed by atoms with van der Waals surface area (Å²) in [5, 5.41) is 10.8. The molecule has 1 atom stereocenters. The summed E-state index contributed by atoms with van der Waals surface area (Å²) in [4.78, 5) is 0. The molecule has 23 heavy (non-hydrogen) atoms. The van der Waals surface area contributed by atoms with E-state index in [1.54, 1.807) is 0 Å². The molecule has 0 aliphatic heterocycles. The van der Waals surface area contributed by atoms with Crippen molar-refractivity contribution in [3.63, 3.8) is 0 Å². The summed E-state index contributed by atoms with van der Waals surface area (Å²) in [5.74, 6) is 0.894. The fourth-order valence-corrected chi connectivity index (χ4v) is 3.26. The molecule has 3 nitrogen and oxygen atoms in total. The fourth-order valence-electron chi connectivity index (χ4n) is 3.26. The molecule has 3 heteroatoms. The Morgan fingerprint density at radius 3 is 2.78 bits per heavy atom. The third-order valence-electron chi connectivity index (χ3n) is 4.92. The number of rotatable bonds is 5. The summed E-state index contributed by atoms with van der Waals surface area (Å²) in [7, 11) is 0. The lowest BCUT2D eigenvalue weighted by atomic mass is 10.1. The highest BCUT2D eigenvalue weighted by Gasteiger charge is 2.22. The summed E-state index contributed by atoms with van der Waals surface area (Å²) < 4.78 is 2.08. The Balaban J connectivity index is 1.68. The number of nitrogens with one attached hydrogen (secondary N) is 1. The van der Waals surface area contributed by atoms with Gasteiger partial charge in [-0.3, -0.25) is 0 Å². The van der Waals surface area contributed by atoms with Gasteiger partial charge < -0.3 is 5.32 Å². The Morgan fingerprint density at radius 2 is 1.96 bits per heavy atom. The van der Waals surface area contributed by atoms with Gasteiger partial charge in [-0.15, -0.1) is 0 Å². The van der Waals surface area contributed by atoms with Crippen LogP contribution in [0.15, 0.2) is 48.7 Å². The van der Waals surface area contributed by atoms with Crippen LogP contribution in [0.4, 0.5) is 0 Å². The number of aromatic nitrogens is 2. The minimum Gasteiger partial charge on any atom is -0.310 e. The Bertz CT molecular complexity index is 825. The van der Waals surface area contributed by atoms with Crippen molar-refractivity contribution in [2.75, 3.05) is 6.54 Å². The zero-order chi connectivity index (χ0) is 15.8. The number of benzene rings is 2. The molecule has 2 aromatic carbocycles. The van der Waals surface area contributed by atoms with E-state index in [0.717, 1.165) is 18.2 Å². The Morgan fingerprint density at radius 1 is 1.17 bits per heavy atom. The van der Waals surface area contributed by atoms with Gasteiger partial charge in [-0.1, -0.05) is 36.4 Å². The topological polar surface area (TPSA) is 29.9 Å². The van der Waals surface area contributed by atoms with Crippen molar-refractivity contribution in [3.8, 4) is 5.69 Å². The molecule has 1 unspecified atom stereocenters. The minimum atomic E-state index is 0.347. The molecule has 0 radical (unpaired) electrons. The van der Waals surface area contributed by atoms with Crippen LogP contribution in [0.25, 0.3) is 16.5 Å². The molecule has 1 fully saturated rings. The third-order valence-corrected chi connectivity index (χ3v) is 4.92. The number of fused-ring (bicyclic) bond motifs is 1. The highest BCUT2D eigenvalue weighted by molar-refractivity contribution is 5.90. The predicted octanol–water partition coefficient (Wildman–Crippen LogP) is 4.39. The first-order valence-corrected chi connectivity index (χ1v) is 8.50. The van der Waals surface area contributed by atoms with Crippen molar-refractivity contribution >= 4 is 10.8 Å². The first-order chi connectivity index (χ1) is 11.2. The maximum absolute atomic E-state index is 4.68. The molecule has 1 aliphatic carbocycles. The van der Waals surface area contributed by atoms with E-state index in [-0.39, 0.29) is 0 Å². The van der Waals surface area contributed by atoms with E-state index in [4.69, 9.17) is 0 Å². The van der Waals surface area contributed by atoms with Crippen LogP contribution in [0.3, 0.4) is 0 Å². The van der Waals surface area contributed by atoms with Crippen LogP contribution in [0.1, 0.15) is 37.1 Å². The quantitative estimate of drug-likeness (QED) is 0.757. The van der Waals surface area contributed by atoms with Crippen LogP contribution in [0, 0.1) is 12.8 Å². The highest BCUT2D eigenvalue weighted by atomic mass is 15.3. The van der Waals surface area contributed by atoms with Crippen LogP contribution in [0.5, 0.6) is 0 Å². The van der Waals surface area contributed by atoms with Gasteiger partial charge >= 0.3 is 0 Å². The molecule has 4 rings (SSSR count). The van der Waals surface area contributed by atoms with E-state index in [1.807, 2.05) is 6.20 Å². The van der Waals surface area contributed by atoms with Crippen LogP contribution in [-0.4, -0.2) is 16.3 Å². The molecular formula is C20H23N3. The molecule has 1 aromatic heterocycles. The van der Waals surface area contributed by atoms with Gasteiger partial charge in [0, 0.05) is 22.7 Å².